The van der Waals surface area contributed by atoms with Crippen LogP contribution >= 0.6 is 14.3 Å². The Bertz CT molecular complexity index is 3380. The van der Waals surface area contributed by atoms with E-state index in [9.17, 15) is 0 Å². The lowest BCUT2D eigenvalue weighted by Gasteiger charge is -2.21. The summed E-state index contributed by atoms with van der Waals surface area (Å²) in [6, 6.07) is 77.5. The maximum Gasteiger partial charge on any atom is 0.171 e. The molecule has 0 amide bonds. The van der Waals surface area contributed by atoms with Gasteiger partial charge in [-0.1, -0.05) is 182 Å². The van der Waals surface area contributed by atoms with Gasteiger partial charge >= 0.3 is 0 Å². The largest absolute Gasteiger partial charge is 0.309 e. The molecule has 0 fully saturated rings. The van der Waals surface area contributed by atoms with Gasteiger partial charge in [0.05, 0.1) is 22.1 Å². The zero-order chi connectivity index (χ0) is 40.3. The van der Waals surface area contributed by atoms with Crippen LogP contribution in [0, 0.1) is 0 Å². The molecular weight excluding hydrogens is 771 g/mol. The van der Waals surface area contributed by atoms with E-state index in [2.05, 4.69) is 94.1 Å². The van der Waals surface area contributed by atoms with Crippen LogP contribution in [0.1, 0.15) is 0 Å². The van der Waals surface area contributed by atoms with E-state index in [4.69, 9.17) is 0 Å². The van der Waals surface area contributed by atoms with Crippen LogP contribution in [0.3, 0.4) is 0 Å². The van der Waals surface area contributed by atoms with Gasteiger partial charge in [-0.25, -0.2) is 0 Å². The predicted molar refractivity (Wildman–Crippen MR) is 254 cm³/mol. The third-order valence-electron chi connectivity index (χ3n) is 11.9. The Kier molecular flexibility index (Phi) is 8.67. The zero-order valence-electron chi connectivity index (χ0n) is 32.5. The molecule has 4 nitrogen and oxygen atoms in total. The van der Waals surface area contributed by atoms with Gasteiger partial charge in [0.2, 0.25) is 0 Å². The molecule has 0 radical (unpaired) electrons. The van der Waals surface area contributed by atoms with Gasteiger partial charge in [0.1, 0.15) is 0 Å². The van der Waals surface area contributed by atoms with Gasteiger partial charge in [-0.15, -0.1) is 0 Å². The van der Waals surface area contributed by atoms with Crippen molar-refractivity contribution in [1.29, 1.82) is 0 Å². The Balaban J connectivity index is 1.18. The first-order valence-corrected chi connectivity index (χ1v) is 23.6. The molecule has 0 bridgehead atoms. The van der Waals surface area contributed by atoms with Crippen LogP contribution in [0.5, 0.6) is 0 Å². The molecular formula is C54H38N2O2P2. The van der Waals surface area contributed by atoms with Crippen LogP contribution in [-0.2, 0) is 9.13 Å². The van der Waals surface area contributed by atoms with Gasteiger partial charge in [0, 0.05) is 64.7 Å². The van der Waals surface area contributed by atoms with Gasteiger partial charge in [0.25, 0.3) is 0 Å². The van der Waals surface area contributed by atoms with Crippen LogP contribution in [0.2, 0.25) is 0 Å². The quantitative estimate of drug-likeness (QED) is 0.144. The van der Waals surface area contributed by atoms with E-state index in [1.165, 1.54) is 0 Å². The van der Waals surface area contributed by atoms with E-state index in [0.717, 1.165) is 86.8 Å². The number of rotatable bonds is 8. The Morgan fingerprint density at radius 3 is 1.07 bits per heavy atom. The highest BCUT2D eigenvalue weighted by Gasteiger charge is 2.32. The highest BCUT2D eigenvalue weighted by Crippen LogP contribution is 2.46. The molecule has 2 heterocycles. The summed E-state index contributed by atoms with van der Waals surface area (Å²) in [7, 11) is -6.44. The number of fused-ring (bicyclic) bond motifs is 7. The lowest BCUT2D eigenvalue weighted by molar-refractivity contribution is 0.591. The smallest absolute Gasteiger partial charge is 0.171 e. The van der Waals surface area contributed by atoms with E-state index in [-0.39, 0.29) is 0 Å². The third-order valence-corrected chi connectivity index (χ3v) is 18.0. The zero-order valence-corrected chi connectivity index (χ0v) is 34.3. The number of hydrogen-bond acceptors (Lipinski definition) is 2. The summed E-state index contributed by atoms with van der Waals surface area (Å²) in [5, 5.41) is 9.27. The summed E-state index contributed by atoms with van der Waals surface area (Å²) in [5.74, 6) is 0. The fourth-order valence-corrected chi connectivity index (χ4v) is 14.5. The summed E-state index contributed by atoms with van der Waals surface area (Å²) in [5.41, 5.74) is 6.15. The van der Waals surface area contributed by atoms with Crippen LogP contribution in [0.25, 0.3) is 55.0 Å². The van der Waals surface area contributed by atoms with Crippen molar-refractivity contribution in [2.45, 2.75) is 0 Å². The highest BCUT2D eigenvalue weighted by molar-refractivity contribution is 7.85. The minimum atomic E-state index is -3.26. The molecule has 11 aromatic rings. The molecule has 0 aliphatic heterocycles. The summed E-state index contributed by atoms with van der Waals surface area (Å²) >= 11 is 0. The van der Waals surface area contributed by atoms with Crippen molar-refractivity contribution < 1.29 is 9.13 Å². The Morgan fingerprint density at radius 1 is 0.267 bits per heavy atom. The van der Waals surface area contributed by atoms with E-state index in [1.807, 2.05) is 146 Å². The van der Waals surface area contributed by atoms with Crippen molar-refractivity contribution in [2.24, 2.45) is 0 Å². The van der Waals surface area contributed by atoms with E-state index >= 15 is 9.13 Å². The molecule has 11 rings (SSSR count). The Morgan fingerprint density at radius 2 is 0.617 bits per heavy atom. The maximum atomic E-state index is 15.7. The van der Waals surface area contributed by atoms with E-state index in [0.29, 0.717) is 0 Å². The van der Waals surface area contributed by atoms with Crippen LogP contribution in [0.15, 0.2) is 231 Å². The molecule has 60 heavy (non-hydrogen) atoms. The van der Waals surface area contributed by atoms with Crippen molar-refractivity contribution in [2.75, 3.05) is 0 Å². The first-order valence-electron chi connectivity index (χ1n) is 20.1. The summed E-state index contributed by atoms with van der Waals surface area (Å²) in [4.78, 5) is 0. The lowest BCUT2D eigenvalue weighted by Crippen LogP contribution is -2.25. The molecule has 9 aromatic carbocycles. The monoisotopic (exact) mass is 808 g/mol. The number of aromatic nitrogens is 2. The van der Waals surface area contributed by atoms with E-state index < -0.39 is 14.3 Å². The topological polar surface area (TPSA) is 44.0 Å². The Labute approximate surface area is 348 Å². The first-order chi connectivity index (χ1) is 29.5. The van der Waals surface area contributed by atoms with Crippen LogP contribution < -0.4 is 31.8 Å². The first kappa shape index (κ1) is 36.1. The molecule has 0 N–H and O–H groups in total. The van der Waals surface area contributed by atoms with Gasteiger partial charge in [-0.2, -0.15) is 0 Å². The molecule has 0 saturated carbocycles. The highest BCUT2D eigenvalue weighted by atomic mass is 31.2. The summed E-state index contributed by atoms with van der Waals surface area (Å²) in [6.07, 6.45) is 0. The molecule has 0 aliphatic rings. The molecule has 0 atom stereocenters. The number of hydrogen-bond donors (Lipinski definition) is 0. The molecule has 0 aliphatic carbocycles. The van der Waals surface area contributed by atoms with Crippen LogP contribution in [0.4, 0.5) is 0 Å². The van der Waals surface area contributed by atoms with Crippen molar-refractivity contribution >= 4 is 89.7 Å². The average Bonchev–Trinajstić information content (AvgIpc) is 3.85. The second kappa shape index (κ2) is 14.4. The fourth-order valence-electron chi connectivity index (χ4n) is 9.12. The second-order valence-corrected chi connectivity index (χ2v) is 20.7. The lowest BCUT2D eigenvalue weighted by atomic mass is 10.1. The molecule has 0 saturated heterocycles. The van der Waals surface area contributed by atoms with Gasteiger partial charge in [0.15, 0.2) is 14.3 Å². The maximum absolute atomic E-state index is 15.7. The molecule has 2 aromatic heterocycles. The van der Waals surface area contributed by atoms with Crippen molar-refractivity contribution in [3.8, 4) is 11.4 Å². The van der Waals surface area contributed by atoms with Gasteiger partial charge in [-0.05, 0) is 48.5 Å². The fraction of sp³-hybridized carbons (Fsp3) is 0. The van der Waals surface area contributed by atoms with E-state index in [1.54, 1.807) is 0 Å². The van der Waals surface area contributed by atoms with Crippen molar-refractivity contribution in [3.63, 3.8) is 0 Å². The second-order valence-electron chi connectivity index (χ2n) is 15.2. The predicted octanol–water partition coefficient (Wildman–Crippen LogP) is 11.2. The van der Waals surface area contributed by atoms with Gasteiger partial charge in [-0.3, -0.25) is 0 Å². The van der Waals surface area contributed by atoms with Gasteiger partial charge < -0.3 is 18.3 Å². The summed E-state index contributed by atoms with van der Waals surface area (Å²) in [6.45, 7) is 0. The Hall–Kier alpha value is -6.96. The number of para-hydroxylation sites is 2. The molecule has 286 valence electrons. The molecule has 6 heteroatoms. The minimum Gasteiger partial charge on any atom is -0.309 e. The SMILES string of the molecule is O=P(c1ccccc1)(c1ccccc1)c1ccc(-n2c3ccccc3c3ccc4c5ccccc5n(-c5cccc(P(=O)(c6ccccc6)c6ccccc6)c5)c4c32)cc1. The summed E-state index contributed by atoms with van der Waals surface area (Å²) < 4.78 is 35.7. The average molecular weight is 809 g/mol. The number of nitrogens with zero attached hydrogens (tertiary/aromatic N) is 2. The van der Waals surface area contributed by atoms with Crippen LogP contribution in [-0.4, -0.2) is 9.13 Å². The third kappa shape index (κ3) is 5.53. The van der Waals surface area contributed by atoms with Crippen molar-refractivity contribution in [3.05, 3.63) is 231 Å². The normalized spacial score (nSPS) is 12.1. The molecule has 0 spiro atoms. The minimum absolute atomic E-state index is 0.771. The number of benzene rings is 9. The van der Waals surface area contributed by atoms with Crippen molar-refractivity contribution in [1.82, 2.24) is 9.13 Å². The standard InChI is InChI=1S/C54H38N2O2P2/c57-59(41-19-5-1-6-20-41,42-21-7-2-8-22-42)45-34-32-39(33-35-45)55-51-30-15-13-28-47(51)49-36-37-50-48-29-14-16-31-52(48)56(54(50)53(49)55)40-18-17-27-46(38-40)60(58,43-23-9-3-10-24-43)44-25-11-4-12-26-44/h1-38H. The molecule has 0 unspecified atom stereocenters.